The van der Waals surface area contributed by atoms with Gasteiger partial charge in [-0.2, -0.15) is 20.2 Å². The molecule has 1 heterocycles. The summed E-state index contributed by atoms with van der Waals surface area (Å²) in [5, 5.41) is 15.0. The Morgan fingerprint density at radius 1 is 0.962 bits per heavy atom. The first-order valence-electron chi connectivity index (χ1n) is 8.06. The lowest BCUT2D eigenvalue weighted by Gasteiger charge is -2.08. The Hall–Kier alpha value is -3.79. The highest BCUT2D eigenvalue weighted by atomic mass is 16.1. The zero-order valence-corrected chi connectivity index (χ0v) is 14.1. The number of ketones is 1. The smallest absolute Gasteiger partial charge is 0.238 e. The standard InChI is InChI=1S/C19H16N6O/c1-2-21-18-23-16(12-20)24-19(25-18)22-15-10-8-14(9-11-15)17(26)13-6-4-3-5-7-13/h3-11H,2H2,1H3,(H2,21,22,23,24,25). The van der Waals surface area contributed by atoms with Crippen LogP contribution in [-0.4, -0.2) is 27.3 Å². The monoisotopic (exact) mass is 344 g/mol. The van der Waals surface area contributed by atoms with Crippen LogP contribution in [-0.2, 0) is 0 Å². The van der Waals surface area contributed by atoms with Crippen molar-refractivity contribution < 1.29 is 4.79 Å². The Balaban J connectivity index is 1.79. The topological polar surface area (TPSA) is 104 Å². The number of hydrogen-bond donors (Lipinski definition) is 2. The summed E-state index contributed by atoms with van der Waals surface area (Å²) in [6.45, 7) is 2.54. The van der Waals surface area contributed by atoms with Crippen molar-refractivity contribution in [2.75, 3.05) is 17.2 Å². The van der Waals surface area contributed by atoms with Crippen LogP contribution in [0.25, 0.3) is 0 Å². The van der Waals surface area contributed by atoms with Gasteiger partial charge in [-0.15, -0.1) is 0 Å². The molecule has 0 fully saturated rings. The number of nitriles is 1. The van der Waals surface area contributed by atoms with E-state index < -0.39 is 0 Å². The molecule has 3 aromatic rings. The number of aromatic nitrogens is 3. The first-order chi connectivity index (χ1) is 12.7. The lowest BCUT2D eigenvalue weighted by molar-refractivity contribution is 0.103. The summed E-state index contributed by atoms with van der Waals surface area (Å²) in [7, 11) is 0. The molecule has 26 heavy (non-hydrogen) atoms. The molecule has 0 aliphatic carbocycles. The van der Waals surface area contributed by atoms with Crippen molar-refractivity contribution in [1.82, 2.24) is 15.0 Å². The van der Waals surface area contributed by atoms with E-state index in [2.05, 4.69) is 25.6 Å². The quantitative estimate of drug-likeness (QED) is 0.662. The van der Waals surface area contributed by atoms with E-state index in [1.54, 1.807) is 36.4 Å². The normalized spacial score (nSPS) is 10.0. The first kappa shape index (κ1) is 17.0. The minimum atomic E-state index is -0.0430. The van der Waals surface area contributed by atoms with Gasteiger partial charge < -0.3 is 10.6 Å². The highest BCUT2D eigenvalue weighted by Crippen LogP contribution is 2.17. The largest absolute Gasteiger partial charge is 0.354 e. The second kappa shape index (κ2) is 7.85. The third kappa shape index (κ3) is 3.99. The number of nitrogens with one attached hydrogen (secondary N) is 2. The predicted molar refractivity (Wildman–Crippen MR) is 98.3 cm³/mol. The Morgan fingerprint density at radius 3 is 2.27 bits per heavy atom. The molecule has 0 aliphatic rings. The van der Waals surface area contributed by atoms with Crippen LogP contribution in [0.4, 0.5) is 17.6 Å². The maximum Gasteiger partial charge on any atom is 0.238 e. The second-order valence-corrected chi connectivity index (χ2v) is 5.35. The zero-order valence-electron chi connectivity index (χ0n) is 14.1. The van der Waals surface area contributed by atoms with Gasteiger partial charge in [-0.25, -0.2) is 0 Å². The van der Waals surface area contributed by atoms with E-state index in [-0.39, 0.29) is 17.6 Å². The maximum atomic E-state index is 12.4. The number of rotatable bonds is 6. The maximum absolute atomic E-state index is 12.4. The molecule has 0 saturated heterocycles. The molecule has 3 rings (SSSR count). The summed E-state index contributed by atoms with van der Waals surface area (Å²) in [6.07, 6.45) is 0. The minimum absolute atomic E-state index is 0.0225. The summed E-state index contributed by atoms with van der Waals surface area (Å²) in [5.74, 6) is 0.569. The molecule has 0 bridgehead atoms. The van der Waals surface area contributed by atoms with E-state index in [4.69, 9.17) is 5.26 Å². The summed E-state index contributed by atoms with van der Waals surface area (Å²) < 4.78 is 0. The van der Waals surface area contributed by atoms with Crippen LogP contribution >= 0.6 is 0 Å². The fourth-order valence-corrected chi connectivity index (χ4v) is 2.31. The number of hydrogen-bond acceptors (Lipinski definition) is 7. The van der Waals surface area contributed by atoms with Crippen molar-refractivity contribution in [2.24, 2.45) is 0 Å². The average molecular weight is 344 g/mol. The van der Waals surface area contributed by atoms with Gasteiger partial charge in [0.2, 0.25) is 17.7 Å². The molecule has 0 unspecified atom stereocenters. The van der Waals surface area contributed by atoms with E-state index >= 15 is 0 Å². The predicted octanol–water partition coefficient (Wildman–Crippen LogP) is 3.15. The highest BCUT2D eigenvalue weighted by molar-refractivity contribution is 6.09. The van der Waals surface area contributed by atoms with Gasteiger partial charge in [0.25, 0.3) is 0 Å². The molecule has 2 N–H and O–H groups in total. The average Bonchev–Trinajstić information content (AvgIpc) is 2.69. The van der Waals surface area contributed by atoms with Gasteiger partial charge in [-0.1, -0.05) is 30.3 Å². The Labute approximate surface area is 150 Å². The summed E-state index contributed by atoms with van der Waals surface area (Å²) in [4.78, 5) is 24.6. The Kier molecular flexibility index (Phi) is 5.15. The zero-order chi connectivity index (χ0) is 18.4. The fourth-order valence-electron chi connectivity index (χ4n) is 2.31. The molecule has 128 valence electrons. The van der Waals surface area contributed by atoms with E-state index in [0.29, 0.717) is 29.3 Å². The van der Waals surface area contributed by atoms with Crippen LogP contribution in [0.15, 0.2) is 54.6 Å². The molecule has 2 aromatic carbocycles. The molecule has 7 nitrogen and oxygen atoms in total. The summed E-state index contributed by atoms with van der Waals surface area (Å²) in [5.41, 5.74) is 1.93. The van der Waals surface area contributed by atoms with Gasteiger partial charge in [0, 0.05) is 23.4 Å². The second-order valence-electron chi connectivity index (χ2n) is 5.35. The lowest BCUT2D eigenvalue weighted by atomic mass is 10.0. The van der Waals surface area contributed by atoms with E-state index in [9.17, 15) is 4.79 Å². The minimum Gasteiger partial charge on any atom is -0.354 e. The van der Waals surface area contributed by atoms with Gasteiger partial charge in [-0.3, -0.25) is 4.79 Å². The van der Waals surface area contributed by atoms with Gasteiger partial charge in [-0.05, 0) is 31.2 Å². The van der Waals surface area contributed by atoms with Crippen molar-refractivity contribution in [3.63, 3.8) is 0 Å². The van der Waals surface area contributed by atoms with Crippen molar-refractivity contribution >= 4 is 23.4 Å². The molecular weight excluding hydrogens is 328 g/mol. The van der Waals surface area contributed by atoms with Gasteiger partial charge in [0.15, 0.2) is 5.78 Å². The van der Waals surface area contributed by atoms with E-state index in [0.717, 1.165) is 0 Å². The van der Waals surface area contributed by atoms with Gasteiger partial charge in [0.05, 0.1) is 0 Å². The number of anilines is 3. The van der Waals surface area contributed by atoms with Gasteiger partial charge in [0.1, 0.15) is 6.07 Å². The van der Waals surface area contributed by atoms with Crippen molar-refractivity contribution in [1.29, 1.82) is 5.26 Å². The van der Waals surface area contributed by atoms with E-state index in [1.807, 2.05) is 31.2 Å². The molecule has 0 aliphatic heterocycles. The fraction of sp³-hybridized carbons (Fsp3) is 0.105. The molecule has 0 amide bonds. The number of benzene rings is 2. The van der Waals surface area contributed by atoms with Crippen LogP contribution in [0, 0.1) is 11.3 Å². The van der Waals surface area contributed by atoms with Crippen LogP contribution in [0.1, 0.15) is 28.7 Å². The number of nitrogens with zero attached hydrogens (tertiary/aromatic N) is 4. The molecule has 0 atom stereocenters. The summed E-state index contributed by atoms with van der Waals surface area (Å²) in [6, 6.07) is 18.0. The molecular formula is C19H16N6O. The third-order valence-electron chi connectivity index (χ3n) is 3.51. The van der Waals surface area contributed by atoms with Crippen LogP contribution in [0.2, 0.25) is 0 Å². The Bertz CT molecular complexity index is 948. The lowest BCUT2D eigenvalue weighted by Crippen LogP contribution is -2.08. The van der Waals surface area contributed by atoms with E-state index in [1.165, 1.54) is 0 Å². The third-order valence-corrected chi connectivity index (χ3v) is 3.51. The molecule has 7 heteroatoms. The molecule has 0 saturated carbocycles. The molecule has 0 spiro atoms. The van der Waals surface area contributed by atoms with Gasteiger partial charge >= 0.3 is 0 Å². The Morgan fingerprint density at radius 2 is 1.62 bits per heavy atom. The first-order valence-corrected chi connectivity index (χ1v) is 8.06. The molecule has 1 aromatic heterocycles. The highest BCUT2D eigenvalue weighted by Gasteiger charge is 2.09. The number of carbonyl (C=O) groups excluding carboxylic acids is 1. The molecule has 0 radical (unpaired) electrons. The van der Waals surface area contributed by atoms with Crippen LogP contribution < -0.4 is 10.6 Å². The van der Waals surface area contributed by atoms with Crippen molar-refractivity contribution in [3.8, 4) is 6.07 Å². The number of carbonyl (C=O) groups is 1. The summed E-state index contributed by atoms with van der Waals surface area (Å²) >= 11 is 0. The van der Waals surface area contributed by atoms with Crippen LogP contribution in [0.3, 0.4) is 0 Å². The van der Waals surface area contributed by atoms with Crippen LogP contribution in [0.5, 0.6) is 0 Å². The SMILES string of the molecule is CCNc1nc(C#N)nc(Nc2ccc(C(=O)c3ccccc3)cc2)n1. The van der Waals surface area contributed by atoms with Crippen molar-refractivity contribution in [3.05, 3.63) is 71.5 Å². The van der Waals surface area contributed by atoms with Crippen molar-refractivity contribution in [2.45, 2.75) is 6.92 Å².